The zero-order valence-corrected chi connectivity index (χ0v) is 15.7. The highest BCUT2D eigenvalue weighted by Gasteiger charge is 2.34. The summed E-state index contributed by atoms with van der Waals surface area (Å²) in [6.07, 6.45) is -1.14. The number of nitrogens with one attached hydrogen (secondary N) is 2. The number of amides is 1. The Hall–Kier alpha value is -2.22. The summed E-state index contributed by atoms with van der Waals surface area (Å²) in [6, 6.07) is 12.0. The largest absolute Gasteiger partial charge is 0.497 e. The topological polar surface area (TPSA) is 93.5 Å². The number of alkyl halides is 3. The first-order valence-corrected chi connectivity index (χ1v) is 8.36. The van der Waals surface area contributed by atoms with Crippen molar-refractivity contribution in [1.29, 1.82) is 0 Å². The van der Waals surface area contributed by atoms with Crippen LogP contribution in [-0.2, 0) is 0 Å². The molecular weight excluding hydrogens is 405 g/mol. The molecule has 2 aromatic carbocycles. The van der Waals surface area contributed by atoms with Crippen molar-refractivity contribution in [3.8, 4) is 5.75 Å². The van der Waals surface area contributed by atoms with Gasteiger partial charge in [-0.1, -0.05) is 40.9 Å². The van der Waals surface area contributed by atoms with Crippen LogP contribution in [0.2, 0.25) is 0 Å². The summed E-state index contributed by atoms with van der Waals surface area (Å²) < 4.78 is 3.12. The van der Waals surface area contributed by atoms with Crippen LogP contribution in [0.3, 0.4) is 0 Å². The van der Waals surface area contributed by atoms with Crippen LogP contribution in [0, 0.1) is 10.1 Å². The van der Waals surface area contributed by atoms with Crippen LogP contribution in [0.1, 0.15) is 10.4 Å². The maximum Gasteiger partial charge on any atom is 0.271 e. The lowest BCUT2D eigenvalue weighted by molar-refractivity contribution is -0.384. The second kappa shape index (κ2) is 8.44. The van der Waals surface area contributed by atoms with E-state index in [0.717, 1.165) is 0 Å². The molecule has 0 unspecified atom stereocenters. The Balaban J connectivity index is 2.18. The number of hydrogen-bond acceptors (Lipinski definition) is 5. The predicted octanol–water partition coefficient (Wildman–Crippen LogP) is 4.14. The molecular formula is C16H14Cl3N3O4. The standard InChI is InChI=1S/C16H14Cl3N3O4/c1-26-13-7-5-10(6-8-13)14(23)21-15(16(17,18)19)20-11-3-2-4-12(9-11)22(24)25/h2-9,15,20H,1H3,(H,21,23)/t15-/m0/s1. The molecule has 26 heavy (non-hydrogen) atoms. The molecule has 1 amide bonds. The van der Waals surface area contributed by atoms with Gasteiger partial charge in [0, 0.05) is 23.4 Å². The maximum absolute atomic E-state index is 12.4. The van der Waals surface area contributed by atoms with E-state index >= 15 is 0 Å². The monoisotopic (exact) mass is 417 g/mol. The number of non-ortho nitro benzene ring substituents is 1. The third-order valence-electron chi connectivity index (χ3n) is 3.32. The molecule has 0 aliphatic carbocycles. The molecule has 10 heteroatoms. The van der Waals surface area contributed by atoms with Crippen molar-refractivity contribution in [2.24, 2.45) is 0 Å². The van der Waals surface area contributed by atoms with Crippen LogP contribution in [0.15, 0.2) is 48.5 Å². The lowest BCUT2D eigenvalue weighted by atomic mass is 10.2. The van der Waals surface area contributed by atoms with Gasteiger partial charge in [-0.3, -0.25) is 14.9 Å². The van der Waals surface area contributed by atoms with Gasteiger partial charge in [0.15, 0.2) is 0 Å². The Morgan fingerprint density at radius 2 is 1.85 bits per heavy atom. The molecule has 0 radical (unpaired) electrons. The summed E-state index contributed by atoms with van der Waals surface area (Å²) in [7, 11) is 1.51. The van der Waals surface area contributed by atoms with Crippen LogP contribution in [0.25, 0.3) is 0 Å². The van der Waals surface area contributed by atoms with E-state index in [0.29, 0.717) is 17.0 Å². The SMILES string of the molecule is COc1ccc(C(=O)N[C@H](Nc2cccc([N+](=O)[O-])c2)C(Cl)(Cl)Cl)cc1. The van der Waals surface area contributed by atoms with Crippen LogP contribution >= 0.6 is 34.8 Å². The number of hydrogen-bond donors (Lipinski definition) is 2. The first-order valence-electron chi connectivity index (χ1n) is 7.23. The second-order valence-electron chi connectivity index (χ2n) is 5.13. The maximum atomic E-state index is 12.4. The molecule has 7 nitrogen and oxygen atoms in total. The highest BCUT2D eigenvalue weighted by molar-refractivity contribution is 6.68. The summed E-state index contributed by atoms with van der Waals surface area (Å²) in [5.74, 6) is 0.0936. The van der Waals surface area contributed by atoms with E-state index in [1.807, 2.05) is 0 Å². The molecule has 0 aliphatic heterocycles. The third-order valence-corrected chi connectivity index (χ3v) is 3.98. The van der Waals surface area contributed by atoms with Gasteiger partial charge in [0.2, 0.25) is 3.79 Å². The van der Waals surface area contributed by atoms with Gasteiger partial charge in [-0.15, -0.1) is 0 Å². The van der Waals surface area contributed by atoms with Crippen molar-refractivity contribution >= 4 is 52.1 Å². The lowest BCUT2D eigenvalue weighted by Gasteiger charge is -2.27. The predicted molar refractivity (Wildman–Crippen MR) is 101 cm³/mol. The first-order chi connectivity index (χ1) is 12.2. The minimum Gasteiger partial charge on any atom is -0.497 e. The zero-order valence-electron chi connectivity index (χ0n) is 13.4. The van der Waals surface area contributed by atoms with E-state index in [1.54, 1.807) is 30.3 Å². The summed E-state index contributed by atoms with van der Waals surface area (Å²) in [5.41, 5.74) is 0.496. The molecule has 0 fully saturated rings. The summed E-state index contributed by atoms with van der Waals surface area (Å²) >= 11 is 17.8. The fourth-order valence-corrected chi connectivity index (χ4v) is 2.36. The van der Waals surface area contributed by atoms with Crippen molar-refractivity contribution in [3.63, 3.8) is 0 Å². The van der Waals surface area contributed by atoms with Gasteiger partial charge in [-0.2, -0.15) is 0 Å². The normalized spacial score (nSPS) is 12.2. The van der Waals surface area contributed by atoms with E-state index < -0.39 is 20.8 Å². The van der Waals surface area contributed by atoms with E-state index in [2.05, 4.69) is 10.6 Å². The number of nitro benzene ring substituents is 1. The quantitative estimate of drug-likeness (QED) is 0.318. The molecule has 0 aliphatic rings. The van der Waals surface area contributed by atoms with E-state index in [9.17, 15) is 14.9 Å². The van der Waals surface area contributed by atoms with Gasteiger partial charge in [0.25, 0.3) is 11.6 Å². The Morgan fingerprint density at radius 1 is 1.19 bits per heavy atom. The molecule has 0 saturated heterocycles. The Morgan fingerprint density at radius 3 is 2.38 bits per heavy atom. The van der Waals surface area contributed by atoms with E-state index in [4.69, 9.17) is 39.5 Å². The fraction of sp³-hybridized carbons (Fsp3) is 0.188. The highest BCUT2D eigenvalue weighted by Crippen LogP contribution is 2.32. The first kappa shape index (κ1) is 20.1. The molecule has 0 spiro atoms. The number of methoxy groups -OCH3 is 1. The molecule has 2 aromatic rings. The van der Waals surface area contributed by atoms with Crippen molar-refractivity contribution in [2.75, 3.05) is 12.4 Å². The summed E-state index contributed by atoms with van der Waals surface area (Å²) in [4.78, 5) is 22.7. The van der Waals surface area contributed by atoms with Gasteiger partial charge >= 0.3 is 0 Å². The van der Waals surface area contributed by atoms with Crippen molar-refractivity contribution in [2.45, 2.75) is 9.96 Å². The average Bonchev–Trinajstić information content (AvgIpc) is 2.60. The minimum atomic E-state index is -1.91. The van der Waals surface area contributed by atoms with Gasteiger partial charge in [0.1, 0.15) is 11.9 Å². The fourth-order valence-electron chi connectivity index (χ4n) is 2.03. The van der Waals surface area contributed by atoms with Crippen molar-refractivity contribution < 1.29 is 14.5 Å². The Bertz CT molecular complexity index is 794. The molecule has 0 aromatic heterocycles. The molecule has 2 N–H and O–H groups in total. The van der Waals surface area contributed by atoms with E-state index in [-0.39, 0.29) is 5.69 Å². The second-order valence-corrected chi connectivity index (χ2v) is 7.50. The number of benzene rings is 2. The van der Waals surface area contributed by atoms with Crippen LogP contribution < -0.4 is 15.4 Å². The number of nitrogens with zero attached hydrogens (tertiary/aromatic N) is 1. The molecule has 0 heterocycles. The zero-order chi connectivity index (χ0) is 19.3. The molecule has 2 rings (SSSR count). The van der Waals surface area contributed by atoms with Gasteiger partial charge in [-0.25, -0.2) is 0 Å². The lowest BCUT2D eigenvalue weighted by Crippen LogP contribution is -2.49. The smallest absolute Gasteiger partial charge is 0.271 e. The molecule has 1 atom stereocenters. The average molecular weight is 419 g/mol. The number of halogens is 3. The Kier molecular flexibility index (Phi) is 6.52. The number of carbonyl (C=O) groups is 1. The van der Waals surface area contributed by atoms with Gasteiger partial charge < -0.3 is 15.4 Å². The highest BCUT2D eigenvalue weighted by atomic mass is 35.6. The molecule has 138 valence electrons. The van der Waals surface area contributed by atoms with Gasteiger partial charge in [0.05, 0.1) is 12.0 Å². The number of anilines is 1. The third kappa shape index (κ3) is 5.39. The van der Waals surface area contributed by atoms with Crippen molar-refractivity contribution in [3.05, 3.63) is 64.2 Å². The Labute approximate surface area is 164 Å². The minimum absolute atomic E-state index is 0.139. The number of carbonyl (C=O) groups excluding carboxylic acids is 1. The van der Waals surface area contributed by atoms with Gasteiger partial charge in [-0.05, 0) is 30.3 Å². The molecule has 0 saturated carbocycles. The summed E-state index contributed by atoms with van der Waals surface area (Å²) in [5, 5.41) is 16.2. The number of nitro groups is 1. The number of rotatable bonds is 6. The number of ether oxygens (including phenoxy) is 1. The summed E-state index contributed by atoms with van der Waals surface area (Å²) in [6.45, 7) is 0. The van der Waals surface area contributed by atoms with Crippen LogP contribution in [0.4, 0.5) is 11.4 Å². The van der Waals surface area contributed by atoms with E-state index in [1.165, 1.54) is 25.3 Å². The van der Waals surface area contributed by atoms with Crippen LogP contribution in [0.5, 0.6) is 5.75 Å². The molecule has 0 bridgehead atoms. The van der Waals surface area contributed by atoms with Crippen molar-refractivity contribution in [1.82, 2.24) is 5.32 Å². The van der Waals surface area contributed by atoms with Crippen LogP contribution in [-0.4, -0.2) is 27.9 Å².